The molecule has 0 aliphatic carbocycles. The first-order valence-electron chi connectivity index (χ1n) is 7.54. The van der Waals surface area contributed by atoms with E-state index in [2.05, 4.69) is 5.32 Å². The van der Waals surface area contributed by atoms with Crippen molar-refractivity contribution in [1.82, 2.24) is 5.32 Å². The van der Waals surface area contributed by atoms with E-state index < -0.39 is 17.6 Å². The first-order chi connectivity index (χ1) is 12.3. The van der Waals surface area contributed by atoms with Gasteiger partial charge in [0.1, 0.15) is 0 Å². The maximum atomic E-state index is 12.8. The Morgan fingerprint density at radius 1 is 1.15 bits per heavy atom. The maximum Gasteiger partial charge on any atom is 0.417 e. The molecule has 26 heavy (non-hydrogen) atoms. The van der Waals surface area contributed by atoms with Gasteiger partial charge in [0.05, 0.1) is 10.6 Å². The van der Waals surface area contributed by atoms with Crippen molar-refractivity contribution < 1.29 is 27.4 Å². The van der Waals surface area contributed by atoms with Crippen molar-refractivity contribution in [2.24, 2.45) is 0 Å². The molecule has 1 heterocycles. The number of amides is 1. The van der Waals surface area contributed by atoms with E-state index in [0.29, 0.717) is 17.1 Å². The van der Waals surface area contributed by atoms with E-state index in [1.807, 2.05) is 0 Å². The van der Waals surface area contributed by atoms with Crippen molar-refractivity contribution in [3.63, 3.8) is 0 Å². The first-order valence-corrected chi connectivity index (χ1v) is 7.92. The van der Waals surface area contributed by atoms with E-state index in [1.54, 1.807) is 24.3 Å². The highest BCUT2D eigenvalue weighted by molar-refractivity contribution is 6.31. The zero-order valence-electron chi connectivity index (χ0n) is 13.3. The van der Waals surface area contributed by atoms with Gasteiger partial charge in [-0.05, 0) is 41.5 Å². The van der Waals surface area contributed by atoms with E-state index >= 15 is 0 Å². The van der Waals surface area contributed by atoms with Gasteiger partial charge in [0.25, 0.3) is 0 Å². The van der Waals surface area contributed by atoms with Crippen LogP contribution in [0.5, 0.6) is 11.5 Å². The number of alkyl halides is 3. The molecule has 0 radical (unpaired) electrons. The molecule has 0 spiro atoms. The summed E-state index contributed by atoms with van der Waals surface area (Å²) in [7, 11) is 0. The summed E-state index contributed by atoms with van der Waals surface area (Å²) in [6, 6.07) is 8.72. The van der Waals surface area contributed by atoms with E-state index in [1.165, 1.54) is 12.1 Å². The van der Waals surface area contributed by atoms with Gasteiger partial charge in [0, 0.05) is 12.6 Å². The monoisotopic (exact) mass is 383 g/mol. The summed E-state index contributed by atoms with van der Waals surface area (Å²) in [5.74, 6) is 0.786. The van der Waals surface area contributed by atoms with Crippen LogP contribution < -0.4 is 14.8 Å². The molecule has 1 amide bonds. The predicted molar refractivity (Wildman–Crippen MR) is 89.9 cm³/mol. The molecule has 0 saturated carbocycles. The normalized spacial score (nSPS) is 13.2. The SMILES string of the molecule is O=C(C=Cc1ccc2c(c1)OCO2)NCc1ccc(Cl)c(C(F)(F)F)c1. The van der Waals surface area contributed by atoms with Gasteiger partial charge in [0.15, 0.2) is 11.5 Å². The van der Waals surface area contributed by atoms with Gasteiger partial charge >= 0.3 is 6.18 Å². The second-order valence-corrected chi connectivity index (χ2v) is 5.88. The Hall–Kier alpha value is -2.67. The third-order valence-corrected chi connectivity index (χ3v) is 3.96. The molecule has 0 aromatic heterocycles. The fourth-order valence-corrected chi connectivity index (χ4v) is 2.56. The third-order valence-electron chi connectivity index (χ3n) is 3.63. The summed E-state index contributed by atoms with van der Waals surface area (Å²) >= 11 is 5.56. The average molecular weight is 384 g/mol. The van der Waals surface area contributed by atoms with E-state index in [0.717, 1.165) is 17.7 Å². The molecule has 4 nitrogen and oxygen atoms in total. The Kier molecular flexibility index (Phi) is 5.08. The Balaban J connectivity index is 1.61. The largest absolute Gasteiger partial charge is 0.454 e. The van der Waals surface area contributed by atoms with Crippen LogP contribution in [0.2, 0.25) is 5.02 Å². The highest BCUT2D eigenvalue weighted by atomic mass is 35.5. The topological polar surface area (TPSA) is 47.6 Å². The van der Waals surface area contributed by atoms with Gasteiger partial charge in [-0.1, -0.05) is 23.7 Å². The molecule has 1 aliphatic rings. The number of hydrogen-bond acceptors (Lipinski definition) is 3. The molecule has 2 aromatic rings. The lowest BCUT2D eigenvalue weighted by Crippen LogP contribution is -2.20. The number of fused-ring (bicyclic) bond motifs is 1. The summed E-state index contributed by atoms with van der Waals surface area (Å²) in [5.41, 5.74) is 0.101. The van der Waals surface area contributed by atoms with Crippen LogP contribution in [0.25, 0.3) is 6.08 Å². The van der Waals surface area contributed by atoms with Crippen molar-refractivity contribution in [3.05, 3.63) is 64.2 Å². The number of carbonyl (C=O) groups is 1. The lowest BCUT2D eigenvalue weighted by molar-refractivity contribution is -0.137. The number of benzene rings is 2. The summed E-state index contributed by atoms with van der Waals surface area (Å²) < 4.78 is 48.9. The molecule has 0 fully saturated rings. The summed E-state index contributed by atoms with van der Waals surface area (Å²) in [5, 5.41) is 2.15. The highest BCUT2D eigenvalue weighted by Gasteiger charge is 2.33. The molecule has 8 heteroatoms. The second-order valence-electron chi connectivity index (χ2n) is 5.48. The number of nitrogens with one attached hydrogen (secondary N) is 1. The van der Waals surface area contributed by atoms with Gasteiger partial charge in [-0.15, -0.1) is 0 Å². The lowest BCUT2D eigenvalue weighted by Gasteiger charge is -2.11. The van der Waals surface area contributed by atoms with Gasteiger partial charge in [-0.3, -0.25) is 4.79 Å². The molecule has 2 aromatic carbocycles. The highest BCUT2D eigenvalue weighted by Crippen LogP contribution is 2.35. The van der Waals surface area contributed by atoms with Crippen molar-refractivity contribution in [3.8, 4) is 11.5 Å². The average Bonchev–Trinajstić information content (AvgIpc) is 3.06. The molecule has 1 N–H and O–H groups in total. The van der Waals surface area contributed by atoms with E-state index in [9.17, 15) is 18.0 Å². The van der Waals surface area contributed by atoms with E-state index in [4.69, 9.17) is 21.1 Å². The minimum absolute atomic E-state index is 0.0510. The van der Waals surface area contributed by atoms with Crippen LogP contribution in [0.4, 0.5) is 13.2 Å². The quantitative estimate of drug-likeness (QED) is 0.795. The van der Waals surface area contributed by atoms with Crippen molar-refractivity contribution in [2.45, 2.75) is 12.7 Å². The Bertz CT molecular complexity index is 865. The van der Waals surface area contributed by atoms with Crippen molar-refractivity contribution >= 4 is 23.6 Å². The standard InChI is InChI=1S/C18H13ClF3NO3/c19-14-4-1-12(7-13(14)18(20,21)22)9-23-17(24)6-3-11-2-5-15-16(8-11)26-10-25-15/h1-8H,9-10H2,(H,23,24). The zero-order chi connectivity index (χ0) is 18.7. The van der Waals surface area contributed by atoms with Gasteiger partial charge < -0.3 is 14.8 Å². The Morgan fingerprint density at radius 2 is 1.92 bits per heavy atom. The fraction of sp³-hybridized carbons (Fsp3) is 0.167. The fourth-order valence-electron chi connectivity index (χ4n) is 2.34. The van der Waals surface area contributed by atoms with Gasteiger partial charge in [0.2, 0.25) is 12.7 Å². The number of halogens is 4. The molecule has 0 atom stereocenters. The number of ether oxygens (including phenoxy) is 2. The Morgan fingerprint density at radius 3 is 2.69 bits per heavy atom. The minimum Gasteiger partial charge on any atom is -0.454 e. The van der Waals surface area contributed by atoms with Gasteiger partial charge in [-0.25, -0.2) is 0 Å². The number of rotatable bonds is 4. The summed E-state index contributed by atoms with van der Waals surface area (Å²) in [6.45, 7) is 0.106. The molecule has 3 rings (SSSR count). The van der Waals surface area contributed by atoms with Crippen LogP contribution in [-0.2, 0) is 17.5 Å². The van der Waals surface area contributed by atoms with Crippen molar-refractivity contribution in [2.75, 3.05) is 6.79 Å². The van der Waals surface area contributed by atoms with Crippen LogP contribution in [0.3, 0.4) is 0 Å². The van der Waals surface area contributed by atoms with Crippen LogP contribution in [0.1, 0.15) is 16.7 Å². The minimum atomic E-state index is -4.55. The van der Waals surface area contributed by atoms with E-state index in [-0.39, 0.29) is 18.4 Å². The third kappa shape index (κ3) is 4.29. The van der Waals surface area contributed by atoms with Crippen LogP contribution in [-0.4, -0.2) is 12.7 Å². The van der Waals surface area contributed by atoms with Gasteiger partial charge in [-0.2, -0.15) is 13.2 Å². The predicted octanol–water partition coefficient (Wildman–Crippen LogP) is 4.42. The van der Waals surface area contributed by atoms with Crippen LogP contribution >= 0.6 is 11.6 Å². The lowest BCUT2D eigenvalue weighted by atomic mass is 10.1. The zero-order valence-corrected chi connectivity index (χ0v) is 14.0. The molecule has 1 aliphatic heterocycles. The maximum absolute atomic E-state index is 12.8. The molecular weight excluding hydrogens is 371 g/mol. The molecule has 0 saturated heterocycles. The summed E-state index contributed by atoms with van der Waals surface area (Å²) in [4.78, 5) is 11.9. The van der Waals surface area contributed by atoms with Crippen LogP contribution in [0, 0.1) is 0 Å². The molecule has 0 unspecified atom stereocenters. The second kappa shape index (κ2) is 7.29. The van der Waals surface area contributed by atoms with Crippen molar-refractivity contribution in [1.29, 1.82) is 0 Å². The van der Waals surface area contributed by atoms with Crippen LogP contribution in [0.15, 0.2) is 42.5 Å². The molecule has 136 valence electrons. The molecule has 0 bridgehead atoms. The number of hydrogen-bond donors (Lipinski definition) is 1. The smallest absolute Gasteiger partial charge is 0.417 e. The summed E-state index contributed by atoms with van der Waals surface area (Å²) in [6.07, 6.45) is -1.69. The number of carbonyl (C=O) groups excluding carboxylic acids is 1. The first kappa shape index (κ1) is 18.1. The Labute approximate surface area is 152 Å². The molecular formula is C18H13ClF3NO3.